The van der Waals surface area contributed by atoms with Crippen molar-refractivity contribution in [1.29, 1.82) is 0 Å². The Morgan fingerprint density at radius 2 is 2.14 bits per heavy atom. The third-order valence-corrected chi connectivity index (χ3v) is 3.60. The van der Waals surface area contributed by atoms with E-state index in [1.54, 1.807) is 6.92 Å². The van der Waals surface area contributed by atoms with Crippen molar-refractivity contribution in [3.05, 3.63) is 29.8 Å². The van der Waals surface area contributed by atoms with Gasteiger partial charge in [0.25, 0.3) is 5.91 Å². The fourth-order valence-corrected chi connectivity index (χ4v) is 1.79. The fourth-order valence-electron chi connectivity index (χ4n) is 1.79. The number of alkyl halides is 2. The molecule has 0 fully saturated rings. The molecule has 6 heteroatoms. The summed E-state index contributed by atoms with van der Waals surface area (Å²) >= 11 is 0. The van der Waals surface area contributed by atoms with Crippen molar-refractivity contribution in [2.75, 3.05) is 6.54 Å². The van der Waals surface area contributed by atoms with Gasteiger partial charge in [-0.1, -0.05) is 26.3 Å². The molecule has 0 aliphatic heterocycles. The maximum absolute atomic E-state index is 12.1. The summed E-state index contributed by atoms with van der Waals surface area (Å²) in [4.78, 5) is 12.0. The van der Waals surface area contributed by atoms with Gasteiger partial charge in [0, 0.05) is 12.1 Å². The molecule has 2 atom stereocenters. The van der Waals surface area contributed by atoms with E-state index in [1.807, 2.05) is 13.8 Å². The number of aliphatic hydroxyl groups is 1. The molecule has 0 heterocycles. The maximum Gasteiger partial charge on any atom is 0.387 e. The van der Waals surface area contributed by atoms with Gasteiger partial charge in [-0.15, -0.1) is 0 Å². The van der Waals surface area contributed by atoms with Gasteiger partial charge in [-0.05, 0) is 31.0 Å². The Balaban J connectivity index is 2.68. The molecule has 0 aromatic heterocycles. The largest absolute Gasteiger partial charge is 0.435 e. The summed E-state index contributed by atoms with van der Waals surface area (Å²) in [5.74, 6) is -0.504. The second-order valence-corrected chi connectivity index (χ2v) is 5.26. The summed E-state index contributed by atoms with van der Waals surface area (Å²) < 4.78 is 28.5. The third-order valence-electron chi connectivity index (χ3n) is 3.60. The van der Waals surface area contributed by atoms with Crippen LogP contribution in [0.5, 0.6) is 5.75 Å². The van der Waals surface area contributed by atoms with Gasteiger partial charge < -0.3 is 15.2 Å². The summed E-state index contributed by atoms with van der Waals surface area (Å²) in [6.07, 6.45) is 0.778. The van der Waals surface area contributed by atoms with Gasteiger partial charge in [-0.25, -0.2) is 0 Å². The number of amides is 1. The minimum atomic E-state index is -2.94. The summed E-state index contributed by atoms with van der Waals surface area (Å²) in [6.45, 7) is 2.64. The minimum Gasteiger partial charge on any atom is -0.435 e. The van der Waals surface area contributed by atoms with E-state index in [0.29, 0.717) is 0 Å². The summed E-state index contributed by atoms with van der Waals surface area (Å²) in [5.41, 5.74) is -0.824. The van der Waals surface area contributed by atoms with E-state index < -0.39 is 18.1 Å². The lowest BCUT2D eigenvalue weighted by atomic mass is 9.88. The Bertz CT molecular complexity index is 478. The Morgan fingerprint density at radius 3 is 2.71 bits per heavy atom. The van der Waals surface area contributed by atoms with Crippen LogP contribution in [0.2, 0.25) is 0 Å². The van der Waals surface area contributed by atoms with Crippen LogP contribution in [0.4, 0.5) is 8.78 Å². The lowest BCUT2D eigenvalue weighted by molar-refractivity contribution is -0.0498. The minimum absolute atomic E-state index is 0.0197. The highest BCUT2D eigenvalue weighted by Crippen LogP contribution is 2.19. The molecule has 0 aliphatic rings. The van der Waals surface area contributed by atoms with Crippen LogP contribution in [0.3, 0.4) is 0 Å². The number of halogens is 2. The first-order valence-electron chi connectivity index (χ1n) is 6.81. The zero-order chi connectivity index (χ0) is 16.0. The molecular formula is C15H21F2NO3. The number of hydrogen-bond donors (Lipinski definition) is 2. The van der Waals surface area contributed by atoms with Gasteiger partial charge in [0.2, 0.25) is 0 Å². The molecule has 1 aromatic rings. The number of carbonyl (C=O) groups is 1. The highest BCUT2D eigenvalue weighted by molar-refractivity contribution is 5.94. The second-order valence-electron chi connectivity index (χ2n) is 5.26. The van der Waals surface area contributed by atoms with Crippen molar-refractivity contribution in [2.45, 2.75) is 39.4 Å². The SMILES string of the molecule is CCC(C)C(C)(O)CNC(=O)c1cccc(OC(F)F)c1. The van der Waals surface area contributed by atoms with E-state index in [-0.39, 0.29) is 23.8 Å². The lowest BCUT2D eigenvalue weighted by Gasteiger charge is -2.29. The van der Waals surface area contributed by atoms with E-state index in [2.05, 4.69) is 10.1 Å². The molecule has 118 valence electrons. The van der Waals surface area contributed by atoms with Gasteiger partial charge >= 0.3 is 6.61 Å². The standard InChI is InChI=1S/C15H21F2NO3/c1-4-10(2)15(3,20)9-18-13(19)11-6-5-7-12(8-11)21-14(16)17/h5-8,10,14,20H,4,9H2,1-3H3,(H,18,19). The van der Waals surface area contributed by atoms with E-state index in [0.717, 1.165) is 6.42 Å². The van der Waals surface area contributed by atoms with Crippen LogP contribution in [0.1, 0.15) is 37.6 Å². The van der Waals surface area contributed by atoms with Crippen molar-refractivity contribution >= 4 is 5.91 Å². The molecule has 0 aliphatic carbocycles. The summed E-state index contributed by atoms with van der Waals surface area (Å²) in [5, 5.41) is 12.8. The van der Waals surface area contributed by atoms with Crippen molar-refractivity contribution in [1.82, 2.24) is 5.32 Å². The molecule has 21 heavy (non-hydrogen) atoms. The number of ether oxygens (including phenoxy) is 1. The molecule has 0 saturated heterocycles. The molecule has 1 amide bonds. The summed E-state index contributed by atoms with van der Waals surface area (Å²) in [7, 11) is 0. The Kier molecular flexibility index (Phi) is 6.08. The van der Waals surface area contributed by atoms with Crippen molar-refractivity contribution in [3.8, 4) is 5.75 Å². The number of hydrogen-bond acceptors (Lipinski definition) is 3. The average molecular weight is 301 g/mol. The molecule has 2 N–H and O–H groups in total. The van der Waals surface area contributed by atoms with Gasteiger partial charge in [0.1, 0.15) is 5.75 Å². The van der Waals surface area contributed by atoms with Crippen LogP contribution in [0, 0.1) is 5.92 Å². The highest BCUT2D eigenvalue weighted by Gasteiger charge is 2.27. The first-order chi connectivity index (χ1) is 9.76. The van der Waals surface area contributed by atoms with E-state index in [9.17, 15) is 18.7 Å². The van der Waals surface area contributed by atoms with Gasteiger partial charge in [0.05, 0.1) is 5.60 Å². The van der Waals surface area contributed by atoms with E-state index in [1.165, 1.54) is 24.3 Å². The molecule has 1 aromatic carbocycles. The number of nitrogens with one attached hydrogen (secondary N) is 1. The average Bonchev–Trinajstić information content (AvgIpc) is 2.43. The van der Waals surface area contributed by atoms with Crippen LogP contribution in [0.25, 0.3) is 0 Å². The number of rotatable bonds is 7. The molecular weight excluding hydrogens is 280 g/mol. The maximum atomic E-state index is 12.1. The van der Waals surface area contributed by atoms with Crippen molar-refractivity contribution in [3.63, 3.8) is 0 Å². The molecule has 0 bridgehead atoms. The van der Waals surface area contributed by atoms with Crippen LogP contribution in [0.15, 0.2) is 24.3 Å². The predicted molar refractivity (Wildman–Crippen MR) is 75.5 cm³/mol. The van der Waals surface area contributed by atoms with E-state index >= 15 is 0 Å². The molecule has 0 radical (unpaired) electrons. The molecule has 2 unspecified atom stereocenters. The zero-order valence-corrected chi connectivity index (χ0v) is 12.4. The monoisotopic (exact) mass is 301 g/mol. The normalized spacial score (nSPS) is 15.4. The van der Waals surface area contributed by atoms with Crippen LogP contribution >= 0.6 is 0 Å². The summed E-state index contributed by atoms with van der Waals surface area (Å²) in [6, 6.07) is 5.53. The topological polar surface area (TPSA) is 58.6 Å². The van der Waals surface area contributed by atoms with Crippen LogP contribution in [-0.2, 0) is 0 Å². The number of benzene rings is 1. The molecule has 4 nitrogen and oxygen atoms in total. The van der Waals surface area contributed by atoms with Crippen LogP contribution < -0.4 is 10.1 Å². The lowest BCUT2D eigenvalue weighted by Crippen LogP contribution is -2.45. The van der Waals surface area contributed by atoms with Crippen molar-refractivity contribution < 1.29 is 23.4 Å². The van der Waals surface area contributed by atoms with Crippen LogP contribution in [-0.4, -0.2) is 29.8 Å². The van der Waals surface area contributed by atoms with Gasteiger partial charge in [-0.3, -0.25) is 4.79 Å². The second kappa shape index (κ2) is 7.36. The number of carbonyl (C=O) groups excluding carboxylic acids is 1. The third kappa shape index (κ3) is 5.30. The molecule has 1 rings (SSSR count). The van der Waals surface area contributed by atoms with Gasteiger partial charge in [0.15, 0.2) is 0 Å². The highest BCUT2D eigenvalue weighted by atomic mass is 19.3. The van der Waals surface area contributed by atoms with E-state index in [4.69, 9.17) is 0 Å². The Hall–Kier alpha value is -1.69. The predicted octanol–water partition coefficient (Wildman–Crippen LogP) is 2.81. The fraction of sp³-hybridized carbons (Fsp3) is 0.533. The smallest absolute Gasteiger partial charge is 0.387 e. The Morgan fingerprint density at radius 1 is 1.48 bits per heavy atom. The quantitative estimate of drug-likeness (QED) is 0.814. The first-order valence-corrected chi connectivity index (χ1v) is 6.81. The van der Waals surface area contributed by atoms with Gasteiger partial charge in [-0.2, -0.15) is 8.78 Å². The first kappa shape index (κ1) is 17.4. The Labute approximate surface area is 123 Å². The molecule has 0 saturated carbocycles. The molecule has 0 spiro atoms. The van der Waals surface area contributed by atoms with Crippen molar-refractivity contribution in [2.24, 2.45) is 5.92 Å². The zero-order valence-electron chi connectivity index (χ0n) is 12.4.